The van der Waals surface area contributed by atoms with Crippen molar-refractivity contribution >= 4 is 21.8 Å². The lowest BCUT2D eigenvalue weighted by molar-refractivity contribution is -0.135. The molecule has 100 valence electrons. The summed E-state index contributed by atoms with van der Waals surface area (Å²) in [5.41, 5.74) is 0.655. The van der Waals surface area contributed by atoms with Crippen molar-refractivity contribution in [2.24, 2.45) is 0 Å². The van der Waals surface area contributed by atoms with Crippen molar-refractivity contribution in [2.75, 3.05) is 14.1 Å². The van der Waals surface area contributed by atoms with Crippen LogP contribution in [0, 0.1) is 0 Å². The highest BCUT2D eigenvalue weighted by Crippen LogP contribution is 2.29. The predicted octanol–water partition coefficient (Wildman–Crippen LogP) is 2.36. The maximum atomic E-state index is 11.7. The Balaban J connectivity index is 2.94. The Kier molecular flexibility index (Phi) is 5.16. The first kappa shape index (κ1) is 15.0. The molecule has 1 aromatic rings. The zero-order valence-corrected chi connectivity index (χ0v) is 12.6. The fourth-order valence-corrected chi connectivity index (χ4v) is 1.94. The van der Waals surface area contributed by atoms with Crippen molar-refractivity contribution in [3.8, 4) is 5.75 Å². The van der Waals surface area contributed by atoms with Crippen LogP contribution in [0.15, 0.2) is 22.7 Å². The quantitative estimate of drug-likeness (QED) is 0.928. The van der Waals surface area contributed by atoms with Crippen LogP contribution >= 0.6 is 15.9 Å². The Morgan fingerprint density at radius 1 is 1.39 bits per heavy atom. The van der Waals surface area contributed by atoms with Gasteiger partial charge in [-0.05, 0) is 32.0 Å². The van der Waals surface area contributed by atoms with Gasteiger partial charge in [0.1, 0.15) is 5.75 Å². The molecular weight excluding hydrogens is 298 g/mol. The lowest BCUT2D eigenvalue weighted by Crippen LogP contribution is -2.35. The molecule has 0 radical (unpaired) electrons. The maximum Gasteiger partial charge on any atom is 0.262 e. The molecule has 4 nitrogen and oxygen atoms in total. The predicted molar refractivity (Wildman–Crippen MR) is 73.6 cm³/mol. The molecule has 0 fully saturated rings. The first-order chi connectivity index (χ1) is 8.32. The van der Waals surface area contributed by atoms with Gasteiger partial charge < -0.3 is 14.7 Å². The van der Waals surface area contributed by atoms with E-state index in [0.29, 0.717) is 11.3 Å². The standard InChI is InChI=1S/C13H18BrNO3/c1-8(16)11-7-10(14)5-6-12(11)18-9(2)13(17)15(3)4/h5-9,16H,1-4H3. The van der Waals surface area contributed by atoms with Gasteiger partial charge in [-0.1, -0.05) is 15.9 Å². The molecule has 2 unspecified atom stereocenters. The summed E-state index contributed by atoms with van der Waals surface area (Å²) in [4.78, 5) is 13.2. The second kappa shape index (κ2) is 6.20. The molecule has 0 saturated carbocycles. The Bertz CT molecular complexity index is 432. The summed E-state index contributed by atoms with van der Waals surface area (Å²) >= 11 is 3.34. The summed E-state index contributed by atoms with van der Waals surface area (Å²) in [6.07, 6.45) is -1.24. The molecule has 1 amide bonds. The number of aliphatic hydroxyl groups is 1. The van der Waals surface area contributed by atoms with Crippen LogP contribution in [-0.4, -0.2) is 36.1 Å². The van der Waals surface area contributed by atoms with E-state index in [1.54, 1.807) is 40.1 Å². The number of hydrogen-bond donors (Lipinski definition) is 1. The van der Waals surface area contributed by atoms with Gasteiger partial charge >= 0.3 is 0 Å². The third kappa shape index (κ3) is 3.71. The average molecular weight is 316 g/mol. The van der Waals surface area contributed by atoms with Gasteiger partial charge in [0.25, 0.3) is 5.91 Å². The van der Waals surface area contributed by atoms with E-state index in [2.05, 4.69) is 15.9 Å². The summed E-state index contributed by atoms with van der Waals surface area (Å²) < 4.78 is 6.47. The summed E-state index contributed by atoms with van der Waals surface area (Å²) in [6.45, 7) is 3.35. The van der Waals surface area contributed by atoms with E-state index >= 15 is 0 Å². The topological polar surface area (TPSA) is 49.8 Å². The highest BCUT2D eigenvalue weighted by atomic mass is 79.9. The summed E-state index contributed by atoms with van der Waals surface area (Å²) in [5.74, 6) is 0.408. The van der Waals surface area contributed by atoms with Gasteiger partial charge in [0.15, 0.2) is 6.10 Å². The lowest BCUT2D eigenvalue weighted by Gasteiger charge is -2.21. The van der Waals surface area contributed by atoms with Crippen molar-refractivity contribution in [1.82, 2.24) is 4.90 Å². The smallest absolute Gasteiger partial charge is 0.262 e. The molecule has 1 N–H and O–H groups in total. The zero-order chi connectivity index (χ0) is 13.9. The van der Waals surface area contributed by atoms with Crippen LogP contribution in [0.25, 0.3) is 0 Å². The van der Waals surface area contributed by atoms with Crippen LogP contribution in [0.2, 0.25) is 0 Å². The van der Waals surface area contributed by atoms with Gasteiger partial charge in [-0.2, -0.15) is 0 Å². The van der Waals surface area contributed by atoms with Gasteiger partial charge in [-0.3, -0.25) is 4.79 Å². The molecule has 0 aliphatic rings. The van der Waals surface area contributed by atoms with Gasteiger partial charge in [0.2, 0.25) is 0 Å². The second-order valence-electron chi connectivity index (χ2n) is 4.35. The van der Waals surface area contributed by atoms with Crippen LogP contribution in [0.1, 0.15) is 25.5 Å². The van der Waals surface area contributed by atoms with Gasteiger partial charge in [-0.25, -0.2) is 0 Å². The third-order valence-corrected chi connectivity index (χ3v) is 3.01. The molecule has 0 spiro atoms. The number of carbonyl (C=O) groups is 1. The third-order valence-electron chi connectivity index (χ3n) is 2.51. The van der Waals surface area contributed by atoms with Crippen LogP contribution < -0.4 is 4.74 Å². The number of rotatable bonds is 4. The van der Waals surface area contributed by atoms with Crippen molar-refractivity contribution in [2.45, 2.75) is 26.1 Å². The molecule has 0 heterocycles. The highest BCUT2D eigenvalue weighted by Gasteiger charge is 2.19. The monoisotopic (exact) mass is 315 g/mol. The Morgan fingerprint density at radius 3 is 2.50 bits per heavy atom. The van der Waals surface area contributed by atoms with E-state index in [1.807, 2.05) is 6.07 Å². The molecule has 0 aliphatic carbocycles. The minimum atomic E-state index is -0.654. The van der Waals surface area contributed by atoms with E-state index in [9.17, 15) is 9.90 Å². The molecule has 2 atom stereocenters. The van der Waals surface area contributed by atoms with Gasteiger partial charge in [0.05, 0.1) is 6.10 Å². The number of nitrogens with zero attached hydrogens (tertiary/aromatic N) is 1. The summed E-state index contributed by atoms with van der Waals surface area (Å²) in [6, 6.07) is 5.34. The fraction of sp³-hybridized carbons (Fsp3) is 0.462. The van der Waals surface area contributed by atoms with E-state index in [-0.39, 0.29) is 5.91 Å². The molecule has 18 heavy (non-hydrogen) atoms. The summed E-state index contributed by atoms with van der Waals surface area (Å²) in [5, 5.41) is 9.69. The lowest BCUT2D eigenvalue weighted by atomic mass is 10.1. The molecule has 0 aromatic heterocycles. The van der Waals surface area contributed by atoms with Crippen LogP contribution in [0.4, 0.5) is 0 Å². The van der Waals surface area contributed by atoms with Crippen LogP contribution in [-0.2, 0) is 4.79 Å². The van der Waals surface area contributed by atoms with Crippen LogP contribution in [0.5, 0.6) is 5.75 Å². The molecule has 0 bridgehead atoms. The molecule has 1 aromatic carbocycles. The molecular formula is C13H18BrNO3. The Morgan fingerprint density at radius 2 is 2.00 bits per heavy atom. The van der Waals surface area contributed by atoms with Gasteiger partial charge in [-0.15, -0.1) is 0 Å². The molecule has 5 heteroatoms. The van der Waals surface area contributed by atoms with Crippen LogP contribution in [0.3, 0.4) is 0 Å². The number of benzene rings is 1. The SMILES string of the molecule is CC(Oc1ccc(Br)cc1C(C)O)C(=O)N(C)C. The Labute approximate surface area is 116 Å². The van der Waals surface area contributed by atoms with E-state index in [0.717, 1.165) is 4.47 Å². The average Bonchev–Trinajstić information content (AvgIpc) is 2.29. The van der Waals surface area contributed by atoms with Crippen molar-refractivity contribution in [3.05, 3.63) is 28.2 Å². The largest absolute Gasteiger partial charge is 0.481 e. The number of carbonyl (C=O) groups excluding carboxylic acids is 1. The minimum Gasteiger partial charge on any atom is -0.481 e. The van der Waals surface area contributed by atoms with Gasteiger partial charge in [0, 0.05) is 24.1 Å². The van der Waals surface area contributed by atoms with E-state index in [1.165, 1.54) is 4.90 Å². The van der Waals surface area contributed by atoms with Crippen molar-refractivity contribution in [1.29, 1.82) is 0 Å². The number of halogens is 1. The normalized spacial score (nSPS) is 13.9. The molecule has 1 rings (SSSR count). The first-order valence-electron chi connectivity index (χ1n) is 5.68. The number of aliphatic hydroxyl groups excluding tert-OH is 1. The highest BCUT2D eigenvalue weighted by molar-refractivity contribution is 9.10. The molecule has 0 aliphatic heterocycles. The first-order valence-corrected chi connectivity index (χ1v) is 6.47. The zero-order valence-electron chi connectivity index (χ0n) is 11.0. The minimum absolute atomic E-state index is 0.116. The number of likely N-dealkylation sites (N-methyl/N-ethyl adjacent to an activating group) is 1. The second-order valence-corrected chi connectivity index (χ2v) is 5.27. The molecule has 0 saturated heterocycles. The number of ether oxygens (including phenoxy) is 1. The van der Waals surface area contributed by atoms with E-state index in [4.69, 9.17) is 4.74 Å². The van der Waals surface area contributed by atoms with Crippen molar-refractivity contribution < 1.29 is 14.6 Å². The maximum absolute atomic E-state index is 11.7. The number of amides is 1. The van der Waals surface area contributed by atoms with E-state index < -0.39 is 12.2 Å². The summed E-state index contributed by atoms with van der Waals surface area (Å²) in [7, 11) is 3.36. The Hall–Kier alpha value is -1.07. The fourth-order valence-electron chi connectivity index (χ4n) is 1.56. The van der Waals surface area contributed by atoms with Crippen molar-refractivity contribution in [3.63, 3.8) is 0 Å². The number of hydrogen-bond acceptors (Lipinski definition) is 3.